The number of hydrogen-bond acceptors (Lipinski definition) is 2. The molecule has 0 aliphatic rings. The molecule has 0 saturated carbocycles. The Morgan fingerprint density at radius 3 is 2.62 bits per heavy atom. The van der Waals surface area contributed by atoms with Gasteiger partial charge in [-0.15, -0.1) is 11.6 Å². The van der Waals surface area contributed by atoms with E-state index < -0.39 is 0 Å². The number of rotatable bonds is 6. The number of para-hydroxylation sites is 1. The zero-order valence-corrected chi connectivity index (χ0v) is 14.6. The molecular weight excluding hydrogens is 305 g/mol. The summed E-state index contributed by atoms with van der Waals surface area (Å²) in [6, 6.07) is 6.45. The summed E-state index contributed by atoms with van der Waals surface area (Å²) in [6.45, 7) is 8.32. The third kappa shape index (κ3) is 3.71. The van der Waals surface area contributed by atoms with E-state index in [4.69, 9.17) is 23.2 Å². The van der Waals surface area contributed by atoms with E-state index >= 15 is 0 Å². The molecule has 0 radical (unpaired) electrons. The van der Waals surface area contributed by atoms with Gasteiger partial charge in [-0.2, -0.15) is 0 Å². The Hall–Kier alpha value is -0.770. The van der Waals surface area contributed by atoms with E-state index in [1.807, 2.05) is 19.1 Å². The smallest absolute Gasteiger partial charge is 0.127 e. The average Bonchev–Trinajstić information content (AvgIpc) is 2.79. The normalized spacial score (nSPS) is 13.5. The lowest BCUT2D eigenvalue weighted by Gasteiger charge is -2.21. The van der Waals surface area contributed by atoms with Gasteiger partial charge in [-0.1, -0.05) is 17.7 Å². The van der Waals surface area contributed by atoms with Crippen LogP contribution < -0.4 is 0 Å². The fourth-order valence-corrected chi connectivity index (χ4v) is 2.78. The fourth-order valence-electron chi connectivity index (χ4n) is 2.41. The summed E-state index contributed by atoms with van der Waals surface area (Å²) in [7, 11) is 2.15. The van der Waals surface area contributed by atoms with Gasteiger partial charge in [0.15, 0.2) is 0 Å². The molecular formula is C16H23Cl2N3. The van der Waals surface area contributed by atoms with Gasteiger partial charge in [0.25, 0.3) is 0 Å². The van der Waals surface area contributed by atoms with Gasteiger partial charge in [-0.3, -0.25) is 0 Å². The van der Waals surface area contributed by atoms with Gasteiger partial charge in [-0.05, 0) is 52.9 Å². The lowest BCUT2D eigenvalue weighted by atomic mass is 10.3. The van der Waals surface area contributed by atoms with E-state index in [1.54, 1.807) is 0 Å². The van der Waals surface area contributed by atoms with Crippen molar-refractivity contribution in [1.29, 1.82) is 0 Å². The summed E-state index contributed by atoms with van der Waals surface area (Å²) in [4.78, 5) is 6.97. The van der Waals surface area contributed by atoms with Crippen molar-refractivity contribution in [2.24, 2.45) is 0 Å². The molecule has 0 spiro atoms. The summed E-state index contributed by atoms with van der Waals surface area (Å²) in [6.07, 6.45) is 1.06. The minimum absolute atomic E-state index is 0.128. The van der Waals surface area contributed by atoms with E-state index in [0.29, 0.717) is 11.1 Å². The van der Waals surface area contributed by atoms with Crippen LogP contribution in [0.3, 0.4) is 0 Å². The number of alkyl halides is 1. The second-order valence-corrected chi connectivity index (χ2v) is 6.83. The molecule has 1 atom stereocenters. The van der Waals surface area contributed by atoms with Gasteiger partial charge in [0.2, 0.25) is 0 Å². The highest BCUT2D eigenvalue weighted by Gasteiger charge is 2.16. The van der Waals surface area contributed by atoms with Gasteiger partial charge < -0.3 is 9.47 Å². The maximum absolute atomic E-state index is 6.29. The predicted octanol–water partition coefficient (Wildman–Crippen LogP) is 4.72. The van der Waals surface area contributed by atoms with Crippen LogP contribution in [-0.2, 0) is 6.54 Å². The molecule has 0 fully saturated rings. The van der Waals surface area contributed by atoms with Crippen molar-refractivity contribution in [2.45, 2.75) is 45.2 Å². The SMILES string of the molecule is CC(Cl)c1nc2c(Cl)cccc2n1CCCN(C)C(C)C. The molecule has 1 aromatic carbocycles. The molecule has 0 saturated heterocycles. The summed E-state index contributed by atoms with van der Waals surface area (Å²) in [5.41, 5.74) is 1.91. The Kier molecular flexibility index (Phi) is 5.53. The van der Waals surface area contributed by atoms with E-state index in [-0.39, 0.29) is 5.38 Å². The summed E-state index contributed by atoms with van der Waals surface area (Å²) < 4.78 is 2.20. The zero-order chi connectivity index (χ0) is 15.6. The molecule has 3 nitrogen and oxygen atoms in total. The number of imidazole rings is 1. The molecule has 0 amide bonds. The van der Waals surface area contributed by atoms with Crippen LogP contribution in [0.4, 0.5) is 0 Å². The molecule has 2 aromatic rings. The Morgan fingerprint density at radius 1 is 1.29 bits per heavy atom. The number of benzene rings is 1. The number of aromatic nitrogens is 2. The second kappa shape index (κ2) is 6.99. The molecule has 0 N–H and O–H groups in total. The zero-order valence-electron chi connectivity index (χ0n) is 13.1. The summed E-state index contributed by atoms with van der Waals surface area (Å²) in [5.74, 6) is 0.895. The first-order valence-corrected chi connectivity index (χ1v) is 8.22. The first-order valence-electron chi connectivity index (χ1n) is 7.40. The number of halogens is 2. The molecule has 1 heterocycles. The molecule has 116 valence electrons. The molecule has 5 heteroatoms. The van der Waals surface area contributed by atoms with Crippen LogP contribution in [0.2, 0.25) is 5.02 Å². The summed E-state index contributed by atoms with van der Waals surface area (Å²) >= 11 is 12.5. The predicted molar refractivity (Wildman–Crippen MR) is 91.4 cm³/mol. The van der Waals surface area contributed by atoms with E-state index in [0.717, 1.165) is 36.4 Å². The highest BCUT2D eigenvalue weighted by molar-refractivity contribution is 6.35. The Bertz CT molecular complexity index is 605. The van der Waals surface area contributed by atoms with E-state index in [1.165, 1.54) is 0 Å². The van der Waals surface area contributed by atoms with Crippen LogP contribution in [0.25, 0.3) is 11.0 Å². The number of fused-ring (bicyclic) bond motifs is 1. The van der Waals surface area contributed by atoms with Crippen LogP contribution in [0.1, 0.15) is 38.4 Å². The molecule has 0 aliphatic heterocycles. The Morgan fingerprint density at radius 2 is 2.00 bits per heavy atom. The van der Waals surface area contributed by atoms with Gasteiger partial charge in [0, 0.05) is 12.6 Å². The molecule has 21 heavy (non-hydrogen) atoms. The van der Waals surface area contributed by atoms with Crippen molar-refractivity contribution in [3.8, 4) is 0 Å². The molecule has 2 rings (SSSR count). The van der Waals surface area contributed by atoms with Crippen LogP contribution in [0.15, 0.2) is 18.2 Å². The number of aryl methyl sites for hydroxylation is 1. The molecule has 1 unspecified atom stereocenters. The van der Waals surface area contributed by atoms with Crippen molar-refractivity contribution in [2.75, 3.05) is 13.6 Å². The largest absolute Gasteiger partial charge is 0.327 e. The monoisotopic (exact) mass is 327 g/mol. The Labute approximate surface area is 136 Å². The maximum Gasteiger partial charge on any atom is 0.127 e. The molecule has 0 bridgehead atoms. The average molecular weight is 328 g/mol. The van der Waals surface area contributed by atoms with Crippen molar-refractivity contribution >= 4 is 34.2 Å². The summed E-state index contributed by atoms with van der Waals surface area (Å²) in [5, 5.41) is 0.556. The van der Waals surface area contributed by atoms with Crippen molar-refractivity contribution in [3.05, 3.63) is 29.0 Å². The van der Waals surface area contributed by atoms with Gasteiger partial charge in [-0.25, -0.2) is 4.98 Å². The standard InChI is InChI=1S/C16H23Cl2N3/c1-11(2)20(4)9-6-10-21-14-8-5-7-13(18)15(14)19-16(21)12(3)17/h5,7-8,11-12H,6,9-10H2,1-4H3. The maximum atomic E-state index is 6.29. The molecule has 1 aromatic heterocycles. The number of hydrogen-bond donors (Lipinski definition) is 0. The molecule has 0 aliphatic carbocycles. The van der Waals surface area contributed by atoms with Crippen LogP contribution in [0.5, 0.6) is 0 Å². The second-order valence-electron chi connectivity index (χ2n) is 5.77. The van der Waals surface area contributed by atoms with E-state index in [2.05, 4.69) is 41.4 Å². The highest BCUT2D eigenvalue weighted by Crippen LogP contribution is 2.28. The van der Waals surface area contributed by atoms with Crippen LogP contribution in [-0.4, -0.2) is 34.1 Å². The highest BCUT2D eigenvalue weighted by atomic mass is 35.5. The van der Waals surface area contributed by atoms with Crippen molar-refractivity contribution in [1.82, 2.24) is 14.5 Å². The lowest BCUT2D eigenvalue weighted by molar-refractivity contribution is 0.265. The van der Waals surface area contributed by atoms with Gasteiger partial charge >= 0.3 is 0 Å². The van der Waals surface area contributed by atoms with Crippen LogP contribution >= 0.6 is 23.2 Å². The third-order valence-corrected chi connectivity index (χ3v) is 4.39. The first-order chi connectivity index (χ1) is 9.91. The van der Waals surface area contributed by atoms with Crippen LogP contribution in [0, 0.1) is 0 Å². The Balaban J connectivity index is 2.25. The van der Waals surface area contributed by atoms with E-state index in [9.17, 15) is 0 Å². The van der Waals surface area contributed by atoms with Crippen molar-refractivity contribution < 1.29 is 0 Å². The third-order valence-electron chi connectivity index (χ3n) is 3.89. The topological polar surface area (TPSA) is 21.1 Å². The quantitative estimate of drug-likeness (QED) is 0.716. The first kappa shape index (κ1) is 16.6. The van der Waals surface area contributed by atoms with Crippen molar-refractivity contribution in [3.63, 3.8) is 0 Å². The number of nitrogens with zero attached hydrogens (tertiary/aromatic N) is 3. The van der Waals surface area contributed by atoms with Gasteiger partial charge in [0.05, 0.1) is 15.9 Å². The lowest BCUT2D eigenvalue weighted by Crippen LogP contribution is -2.28. The fraction of sp³-hybridized carbons (Fsp3) is 0.562. The van der Waals surface area contributed by atoms with Gasteiger partial charge in [0.1, 0.15) is 11.3 Å². The minimum Gasteiger partial charge on any atom is -0.327 e. The minimum atomic E-state index is -0.128.